The molecule has 0 N–H and O–H groups in total. The summed E-state index contributed by atoms with van der Waals surface area (Å²) in [6.07, 6.45) is 3.40. The molecule has 0 bridgehead atoms. The predicted octanol–water partition coefficient (Wildman–Crippen LogP) is 4.20. The van der Waals surface area contributed by atoms with Crippen LogP contribution in [-0.4, -0.2) is 47.8 Å². The minimum atomic E-state index is 0.593. The third kappa shape index (κ3) is 3.82. The Bertz CT molecular complexity index is 1010. The molecule has 29 heavy (non-hydrogen) atoms. The number of benzene rings is 1. The van der Waals surface area contributed by atoms with Crippen molar-refractivity contribution in [1.29, 1.82) is 0 Å². The van der Waals surface area contributed by atoms with Crippen LogP contribution in [0.2, 0.25) is 0 Å². The number of hydrogen-bond acceptors (Lipinski definition) is 7. The Morgan fingerprint density at radius 2 is 1.93 bits per heavy atom. The Kier molecular flexibility index (Phi) is 5.35. The summed E-state index contributed by atoms with van der Waals surface area (Å²) in [5.74, 6) is 2.90. The molecular weight excluding hydrogens is 386 g/mol. The van der Waals surface area contributed by atoms with Crippen LogP contribution in [-0.2, 0) is 24.1 Å². The second-order valence-electron chi connectivity index (χ2n) is 7.35. The quantitative estimate of drug-likeness (QED) is 0.606. The maximum absolute atomic E-state index is 6.38. The molecule has 0 radical (unpaired) electrons. The van der Waals surface area contributed by atoms with Crippen LogP contribution in [0.3, 0.4) is 0 Å². The lowest BCUT2D eigenvalue weighted by molar-refractivity contribution is 0.0330. The predicted molar refractivity (Wildman–Crippen MR) is 113 cm³/mol. The maximum atomic E-state index is 6.38. The number of hydrogen-bond donors (Lipinski definition) is 0. The normalized spacial score (nSPS) is 16.9. The summed E-state index contributed by atoms with van der Waals surface area (Å²) in [7, 11) is 0. The molecule has 1 aromatic carbocycles. The first kappa shape index (κ1) is 18.8. The van der Waals surface area contributed by atoms with E-state index in [1.807, 2.05) is 31.2 Å². The molecule has 5 rings (SSSR count). The van der Waals surface area contributed by atoms with E-state index in [0.717, 1.165) is 60.9 Å². The van der Waals surface area contributed by atoms with Gasteiger partial charge in [-0.25, -0.2) is 4.98 Å². The van der Waals surface area contributed by atoms with Gasteiger partial charge in [0.25, 0.3) is 0 Å². The Morgan fingerprint density at radius 3 is 2.76 bits per heavy atom. The van der Waals surface area contributed by atoms with Crippen LogP contribution in [0.1, 0.15) is 29.6 Å². The molecule has 3 heterocycles. The molecule has 1 aliphatic carbocycles. The van der Waals surface area contributed by atoms with E-state index in [1.165, 1.54) is 16.9 Å². The molecule has 1 fully saturated rings. The summed E-state index contributed by atoms with van der Waals surface area (Å²) in [4.78, 5) is 14.6. The Morgan fingerprint density at radius 1 is 1.10 bits per heavy atom. The van der Waals surface area contributed by atoms with E-state index in [0.29, 0.717) is 24.8 Å². The van der Waals surface area contributed by atoms with E-state index >= 15 is 0 Å². The van der Waals surface area contributed by atoms with Gasteiger partial charge in [0.2, 0.25) is 5.88 Å². The topological polar surface area (TPSA) is 56.7 Å². The van der Waals surface area contributed by atoms with E-state index in [9.17, 15) is 0 Å². The average molecular weight is 412 g/mol. The first-order chi connectivity index (χ1) is 14.3. The second kappa shape index (κ2) is 8.26. The number of para-hydroxylation sites is 2. The monoisotopic (exact) mass is 411 g/mol. The molecule has 2 aromatic heterocycles. The highest BCUT2D eigenvalue weighted by molar-refractivity contribution is 7.19. The van der Waals surface area contributed by atoms with Gasteiger partial charge < -0.3 is 14.2 Å². The highest BCUT2D eigenvalue weighted by Crippen LogP contribution is 2.42. The first-order valence-corrected chi connectivity index (χ1v) is 11.1. The number of fused-ring (bicyclic) bond motifs is 3. The van der Waals surface area contributed by atoms with Gasteiger partial charge in [-0.15, -0.1) is 11.3 Å². The van der Waals surface area contributed by atoms with Gasteiger partial charge in [0.1, 0.15) is 10.7 Å². The average Bonchev–Trinajstić information content (AvgIpc) is 3.31. The van der Waals surface area contributed by atoms with Gasteiger partial charge in [0, 0.05) is 18.0 Å². The molecule has 1 aliphatic heterocycles. The molecule has 0 spiro atoms. The zero-order valence-electron chi connectivity index (χ0n) is 16.6. The van der Waals surface area contributed by atoms with Crippen LogP contribution < -0.4 is 9.47 Å². The van der Waals surface area contributed by atoms with E-state index in [4.69, 9.17) is 24.2 Å². The molecule has 0 unspecified atom stereocenters. The minimum absolute atomic E-state index is 0.593. The molecule has 0 saturated carbocycles. The fourth-order valence-corrected chi connectivity index (χ4v) is 5.29. The molecule has 1 saturated heterocycles. The van der Waals surface area contributed by atoms with Crippen LogP contribution in [0, 0.1) is 0 Å². The maximum Gasteiger partial charge on any atom is 0.231 e. The number of nitrogens with zero attached hydrogens (tertiary/aromatic N) is 3. The van der Waals surface area contributed by atoms with Crippen LogP contribution in [0.15, 0.2) is 24.3 Å². The SMILES string of the molecule is CCOc1ccccc1Oc1nc(CN2CCOCC2)nc2sc3c(c12)CCC3. The van der Waals surface area contributed by atoms with Crippen molar-refractivity contribution in [2.75, 3.05) is 32.9 Å². The van der Waals surface area contributed by atoms with Crippen molar-refractivity contribution in [3.63, 3.8) is 0 Å². The van der Waals surface area contributed by atoms with Gasteiger partial charge in [-0.1, -0.05) is 12.1 Å². The van der Waals surface area contributed by atoms with Crippen LogP contribution in [0.25, 0.3) is 10.2 Å². The molecule has 6 nitrogen and oxygen atoms in total. The summed E-state index contributed by atoms with van der Waals surface area (Å²) in [5, 5.41) is 1.08. The molecule has 7 heteroatoms. The summed E-state index contributed by atoms with van der Waals surface area (Å²) in [6.45, 7) is 6.63. The number of aryl methyl sites for hydroxylation is 2. The van der Waals surface area contributed by atoms with Crippen LogP contribution in [0.4, 0.5) is 0 Å². The van der Waals surface area contributed by atoms with Gasteiger partial charge in [-0.05, 0) is 43.9 Å². The molecule has 0 atom stereocenters. The lowest BCUT2D eigenvalue weighted by Gasteiger charge is -2.25. The standard InChI is InChI=1S/C22H25N3O3S/c1-2-27-16-7-3-4-8-17(16)28-21-20-15-6-5-9-18(15)29-22(20)24-19(23-21)14-25-10-12-26-13-11-25/h3-4,7-8H,2,5-6,9-14H2,1H3. The fraction of sp³-hybridized carbons (Fsp3) is 0.455. The van der Waals surface area contributed by atoms with Gasteiger partial charge in [-0.2, -0.15) is 4.98 Å². The second-order valence-corrected chi connectivity index (χ2v) is 8.44. The lowest BCUT2D eigenvalue weighted by atomic mass is 10.2. The fourth-order valence-electron chi connectivity index (χ4n) is 4.02. The largest absolute Gasteiger partial charge is 0.490 e. The Hall–Kier alpha value is -2.22. The molecule has 0 amide bonds. The van der Waals surface area contributed by atoms with Crippen molar-refractivity contribution in [2.45, 2.75) is 32.7 Å². The molecular formula is C22H25N3O3S. The van der Waals surface area contributed by atoms with Gasteiger partial charge in [-0.3, -0.25) is 4.90 Å². The minimum Gasteiger partial charge on any atom is -0.490 e. The summed E-state index contributed by atoms with van der Waals surface area (Å²) in [5.41, 5.74) is 1.37. The zero-order chi connectivity index (χ0) is 19.6. The number of rotatable bonds is 6. The van der Waals surface area contributed by atoms with Crippen LogP contribution >= 0.6 is 11.3 Å². The smallest absolute Gasteiger partial charge is 0.231 e. The van der Waals surface area contributed by atoms with Gasteiger partial charge in [0.15, 0.2) is 11.5 Å². The Labute approximate surface area is 174 Å². The van der Waals surface area contributed by atoms with Crippen molar-refractivity contribution >= 4 is 21.6 Å². The number of thiophene rings is 1. The number of ether oxygens (including phenoxy) is 3. The molecule has 3 aromatic rings. The highest BCUT2D eigenvalue weighted by Gasteiger charge is 2.24. The first-order valence-electron chi connectivity index (χ1n) is 10.3. The molecule has 152 valence electrons. The van der Waals surface area contributed by atoms with E-state index in [2.05, 4.69) is 4.90 Å². The summed E-state index contributed by atoms with van der Waals surface area (Å²) >= 11 is 1.80. The summed E-state index contributed by atoms with van der Waals surface area (Å²) < 4.78 is 17.6. The van der Waals surface area contributed by atoms with Gasteiger partial charge in [0.05, 0.1) is 31.8 Å². The van der Waals surface area contributed by atoms with Crippen molar-refractivity contribution < 1.29 is 14.2 Å². The van der Waals surface area contributed by atoms with Crippen molar-refractivity contribution in [2.24, 2.45) is 0 Å². The molecule has 2 aliphatic rings. The van der Waals surface area contributed by atoms with Crippen molar-refractivity contribution in [3.05, 3.63) is 40.5 Å². The highest BCUT2D eigenvalue weighted by atomic mass is 32.1. The Balaban J connectivity index is 1.55. The third-order valence-corrected chi connectivity index (χ3v) is 6.59. The van der Waals surface area contributed by atoms with E-state index < -0.39 is 0 Å². The van der Waals surface area contributed by atoms with E-state index in [-0.39, 0.29) is 0 Å². The number of aromatic nitrogens is 2. The van der Waals surface area contributed by atoms with Gasteiger partial charge >= 0.3 is 0 Å². The van der Waals surface area contributed by atoms with Crippen molar-refractivity contribution in [1.82, 2.24) is 14.9 Å². The van der Waals surface area contributed by atoms with E-state index in [1.54, 1.807) is 11.3 Å². The van der Waals surface area contributed by atoms with Crippen molar-refractivity contribution in [3.8, 4) is 17.4 Å². The number of morpholine rings is 1. The summed E-state index contributed by atoms with van der Waals surface area (Å²) in [6, 6.07) is 7.79. The zero-order valence-corrected chi connectivity index (χ0v) is 17.5. The van der Waals surface area contributed by atoms with Crippen LogP contribution in [0.5, 0.6) is 17.4 Å². The lowest BCUT2D eigenvalue weighted by Crippen LogP contribution is -2.36. The third-order valence-electron chi connectivity index (χ3n) is 5.40.